The van der Waals surface area contributed by atoms with Gasteiger partial charge in [-0.3, -0.25) is 0 Å². The first-order chi connectivity index (χ1) is 8.72. The monoisotopic (exact) mass is 263 g/mol. The highest BCUT2D eigenvalue weighted by molar-refractivity contribution is 7.10. The Hall–Kier alpha value is -0.340. The zero-order valence-corrected chi connectivity index (χ0v) is 12.4. The Labute approximate surface area is 115 Å². The van der Waals surface area contributed by atoms with Crippen molar-refractivity contribution in [3.8, 4) is 0 Å². The SMILES string of the molecule is CC1CC(C)CC(NC(c2cccs2)C2CC2)C1. The van der Waals surface area contributed by atoms with Gasteiger partial charge in [-0.05, 0) is 61.3 Å². The average Bonchev–Trinajstić information content (AvgIpc) is 3.00. The predicted molar refractivity (Wildman–Crippen MR) is 78.9 cm³/mol. The molecule has 2 fully saturated rings. The maximum atomic E-state index is 3.99. The molecule has 18 heavy (non-hydrogen) atoms. The zero-order valence-electron chi connectivity index (χ0n) is 11.6. The Bertz CT molecular complexity index is 358. The van der Waals surface area contributed by atoms with Crippen LogP contribution >= 0.6 is 11.3 Å². The molecule has 1 aromatic rings. The van der Waals surface area contributed by atoms with Gasteiger partial charge in [0.1, 0.15) is 0 Å². The summed E-state index contributed by atoms with van der Waals surface area (Å²) in [6.07, 6.45) is 7.02. The number of hydrogen-bond donors (Lipinski definition) is 1. The summed E-state index contributed by atoms with van der Waals surface area (Å²) in [6, 6.07) is 5.91. The van der Waals surface area contributed by atoms with Crippen molar-refractivity contribution in [2.24, 2.45) is 17.8 Å². The summed E-state index contributed by atoms with van der Waals surface area (Å²) in [5.74, 6) is 2.71. The van der Waals surface area contributed by atoms with Crippen LogP contribution in [0.1, 0.15) is 56.9 Å². The molecule has 0 spiro atoms. The Morgan fingerprint density at radius 2 is 1.89 bits per heavy atom. The lowest BCUT2D eigenvalue weighted by Crippen LogP contribution is -2.39. The van der Waals surface area contributed by atoms with Crippen molar-refractivity contribution in [2.45, 2.75) is 58.0 Å². The molecule has 1 nitrogen and oxygen atoms in total. The van der Waals surface area contributed by atoms with Gasteiger partial charge in [0, 0.05) is 17.0 Å². The molecule has 3 rings (SSSR count). The van der Waals surface area contributed by atoms with E-state index in [9.17, 15) is 0 Å². The third-order valence-corrected chi connectivity index (χ3v) is 5.49. The van der Waals surface area contributed by atoms with Crippen LogP contribution in [0.4, 0.5) is 0 Å². The smallest absolute Gasteiger partial charge is 0.0445 e. The second kappa shape index (κ2) is 5.34. The lowest BCUT2D eigenvalue weighted by molar-refractivity contribution is 0.221. The normalized spacial score (nSPS) is 34.4. The van der Waals surface area contributed by atoms with Gasteiger partial charge in [-0.1, -0.05) is 19.9 Å². The molecule has 0 aromatic carbocycles. The van der Waals surface area contributed by atoms with Gasteiger partial charge in [-0.2, -0.15) is 0 Å². The summed E-state index contributed by atoms with van der Waals surface area (Å²) >= 11 is 1.93. The minimum absolute atomic E-state index is 0.646. The summed E-state index contributed by atoms with van der Waals surface area (Å²) in [7, 11) is 0. The molecule has 1 N–H and O–H groups in total. The molecule has 2 aliphatic carbocycles. The second-order valence-corrected chi connectivity index (χ2v) is 7.59. The fraction of sp³-hybridized carbons (Fsp3) is 0.750. The molecule has 1 aromatic heterocycles. The Balaban J connectivity index is 1.65. The van der Waals surface area contributed by atoms with E-state index in [1.165, 1.54) is 32.1 Å². The fourth-order valence-corrected chi connectivity index (χ4v) is 4.56. The number of thiophene rings is 1. The molecule has 0 aliphatic heterocycles. The minimum atomic E-state index is 0.646. The van der Waals surface area contributed by atoms with E-state index in [0.717, 1.165) is 23.8 Å². The molecule has 0 amide bonds. The molecule has 0 saturated heterocycles. The van der Waals surface area contributed by atoms with Gasteiger partial charge in [-0.25, -0.2) is 0 Å². The number of rotatable bonds is 4. The second-order valence-electron chi connectivity index (χ2n) is 6.61. The van der Waals surface area contributed by atoms with Crippen LogP contribution in [-0.4, -0.2) is 6.04 Å². The van der Waals surface area contributed by atoms with Crippen LogP contribution in [0.25, 0.3) is 0 Å². The molecule has 0 bridgehead atoms. The Morgan fingerprint density at radius 3 is 2.44 bits per heavy atom. The summed E-state index contributed by atoms with van der Waals surface area (Å²) in [5.41, 5.74) is 0. The molecule has 2 aliphatic rings. The van der Waals surface area contributed by atoms with E-state index in [0.29, 0.717) is 6.04 Å². The van der Waals surface area contributed by atoms with Crippen molar-refractivity contribution in [1.82, 2.24) is 5.32 Å². The number of hydrogen-bond acceptors (Lipinski definition) is 2. The summed E-state index contributed by atoms with van der Waals surface area (Å²) in [4.78, 5) is 1.56. The molecule has 2 saturated carbocycles. The van der Waals surface area contributed by atoms with Crippen LogP contribution in [0, 0.1) is 17.8 Å². The summed E-state index contributed by atoms with van der Waals surface area (Å²) < 4.78 is 0. The fourth-order valence-electron chi connectivity index (χ4n) is 3.69. The van der Waals surface area contributed by atoms with E-state index in [4.69, 9.17) is 0 Å². The van der Waals surface area contributed by atoms with Crippen molar-refractivity contribution in [3.05, 3.63) is 22.4 Å². The van der Waals surface area contributed by atoms with Gasteiger partial charge in [0.2, 0.25) is 0 Å². The van der Waals surface area contributed by atoms with Crippen molar-refractivity contribution >= 4 is 11.3 Å². The largest absolute Gasteiger partial charge is 0.306 e. The molecule has 100 valence electrons. The van der Waals surface area contributed by atoms with Crippen molar-refractivity contribution in [1.29, 1.82) is 0 Å². The molecular formula is C16H25NS. The topological polar surface area (TPSA) is 12.0 Å². The maximum absolute atomic E-state index is 3.99. The summed E-state index contributed by atoms with van der Waals surface area (Å²) in [6.45, 7) is 4.84. The van der Waals surface area contributed by atoms with Crippen molar-refractivity contribution < 1.29 is 0 Å². The Morgan fingerprint density at radius 1 is 1.17 bits per heavy atom. The van der Waals surface area contributed by atoms with Gasteiger partial charge in [0.15, 0.2) is 0 Å². The van der Waals surface area contributed by atoms with Gasteiger partial charge in [0.25, 0.3) is 0 Å². The van der Waals surface area contributed by atoms with E-state index < -0.39 is 0 Å². The van der Waals surface area contributed by atoms with Gasteiger partial charge < -0.3 is 5.32 Å². The van der Waals surface area contributed by atoms with E-state index in [1.807, 2.05) is 11.3 Å². The highest BCUT2D eigenvalue weighted by Gasteiger charge is 2.35. The van der Waals surface area contributed by atoms with Crippen LogP contribution in [0.15, 0.2) is 17.5 Å². The van der Waals surface area contributed by atoms with Crippen LogP contribution < -0.4 is 5.32 Å². The van der Waals surface area contributed by atoms with E-state index in [-0.39, 0.29) is 0 Å². The lowest BCUT2D eigenvalue weighted by atomic mass is 9.80. The van der Waals surface area contributed by atoms with Crippen molar-refractivity contribution in [2.75, 3.05) is 0 Å². The van der Waals surface area contributed by atoms with E-state index >= 15 is 0 Å². The lowest BCUT2D eigenvalue weighted by Gasteiger charge is -2.34. The standard InChI is InChI=1S/C16H25NS/c1-11-8-12(2)10-14(9-11)17-16(13-5-6-13)15-4-3-7-18-15/h3-4,7,11-14,16-17H,5-6,8-10H2,1-2H3. The first-order valence-corrected chi connectivity index (χ1v) is 8.39. The minimum Gasteiger partial charge on any atom is -0.306 e. The maximum Gasteiger partial charge on any atom is 0.0445 e. The van der Waals surface area contributed by atoms with Crippen molar-refractivity contribution in [3.63, 3.8) is 0 Å². The highest BCUT2D eigenvalue weighted by Crippen LogP contribution is 2.43. The molecule has 2 heteroatoms. The molecular weight excluding hydrogens is 238 g/mol. The van der Waals surface area contributed by atoms with Crippen LogP contribution in [0.2, 0.25) is 0 Å². The van der Waals surface area contributed by atoms with Crippen LogP contribution in [-0.2, 0) is 0 Å². The highest BCUT2D eigenvalue weighted by atomic mass is 32.1. The van der Waals surface area contributed by atoms with Gasteiger partial charge in [-0.15, -0.1) is 11.3 Å². The number of nitrogens with one attached hydrogen (secondary N) is 1. The Kier molecular flexibility index (Phi) is 3.76. The average molecular weight is 263 g/mol. The first-order valence-electron chi connectivity index (χ1n) is 7.52. The van der Waals surface area contributed by atoms with E-state index in [2.05, 4.69) is 36.7 Å². The third-order valence-electron chi connectivity index (χ3n) is 4.54. The summed E-state index contributed by atoms with van der Waals surface area (Å²) in [5, 5.41) is 6.21. The zero-order chi connectivity index (χ0) is 12.5. The van der Waals surface area contributed by atoms with Gasteiger partial charge >= 0.3 is 0 Å². The van der Waals surface area contributed by atoms with Crippen LogP contribution in [0.3, 0.4) is 0 Å². The molecule has 0 radical (unpaired) electrons. The molecule has 3 unspecified atom stereocenters. The van der Waals surface area contributed by atoms with Gasteiger partial charge in [0.05, 0.1) is 0 Å². The first kappa shape index (κ1) is 12.7. The molecule has 1 heterocycles. The third kappa shape index (κ3) is 2.97. The molecule has 3 atom stereocenters. The quantitative estimate of drug-likeness (QED) is 0.836. The predicted octanol–water partition coefficient (Wildman–Crippen LogP) is 4.61. The van der Waals surface area contributed by atoms with Crippen LogP contribution in [0.5, 0.6) is 0 Å². The van der Waals surface area contributed by atoms with E-state index in [1.54, 1.807) is 4.88 Å².